The van der Waals surface area contributed by atoms with Crippen LogP contribution in [-0.2, 0) is 9.59 Å². The molecule has 0 aliphatic carbocycles. The highest BCUT2D eigenvalue weighted by molar-refractivity contribution is 6.06. The van der Waals surface area contributed by atoms with Gasteiger partial charge in [-0.15, -0.1) is 0 Å². The van der Waals surface area contributed by atoms with Crippen LogP contribution in [0.25, 0.3) is 0 Å². The highest BCUT2D eigenvalue weighted by Gasteiger charge is 2.30. The Hall–Kier alpha value is -3.88. The van der Waals surface area contributed by atoms with Crippen LogP contribution in [0.15, 0.2) is 53.5 Å². The molecule has 0 unspecified atom stereocenters. The summed E-state index contributed by atoms with van der Waals surface area (Å²) in [6.07, 6.45) is -0.00727. The van der Waals surface area contributed by atoms with E-state index in [4.69, 9.17) is 4.74 Å². The lowest BCUT2D eigenvalue weighted by Crippen LogP contribution is -2.56. The van der Waals surface area contributed by atoms with Crippen LogP contribution >= 0.6 is 0 Å². The summed E-state index contributed by atoms with van der Waals surface area (Å²) in [6.45, 7) is 4.36. The van der Waals surface area contributed by atoms with E-state index in [-0.39, 0.29) is 24.0 Å². The normalized spacial score (nSPS) is 18.3. The molecule has 0 saturated carbocycles. The minimum absolute atomic E-state index is 0.00727. The van der Waals surface area contributed by atoms with E-state index in [1.807, 2.05) is 29.2 Å². The summed E-state index contributed by atoms with van der Waals surface area (Å²) in [5.74, 6) is 0.626. The number of amides is 2. The van der Waals surface area contributed by atoms with Crippen molar-refractivity contribution in [2.45, 2.75) is 19.4 Å². The molecule has 2 amide bonds. The molecular weight excluding hydrogens is 422 g/mol. The van der Waals surface area contributed by atoms with E-state index in [1.165, 1.54) is 6.92 Å². The Kier molecular flexibility index (Phi) is 6.58. The van der Waals surface area contributed by atoms with Crippen molar-refractivity contribution in [3.8, 4) is 5.75 Å². The first-order chi connectivity index (χ1) is 15.9. The molecule has 0 aromatic heterocycles. The predicted octanol–water partition coefficient (Wildman–Crippen LogP) is 1.90. The first-order valence-corrected chi connectivity index (χ1v) is 10.9. The lowest BCUT2D eigenvalue weighted by Gasteiger charge is -2.38. The molecule has 2 N–H and O–H groups in total. The number of carbonyl (C=O) groups is 3. The number of hydrogen-bond donors (Lipinski definition) is 2. The number of anilines is 2. The molecule has 9 nitrogen and oxygen atoms in total. The number of methoxy groups -OCH3 is 1. The van der Waals surface area contributed by atoms with Crippen molar-refractivity contribution in [3.63, 3.8) is 0 Å². The van der Waals surface area contributed by atoms with Gasteiger partial charge in [0.1, 0.15) is 11.8 Å². The van der Waals surface area contributed by atoms with Crippen LogP contribution in [0, 0.1) is 0 Å². The number of rotatable bonds is 5. The van der Waals surface area contributed by atoms with Gasteiger partial charge in [0, 0.05) is 43.1 Å². The van der Waals surface area contributed by atoms with Gasteiger partial charge in [-0.1, -0.05) is 0 Å². The fourth-order valence-electron chi connectivity index (χ4n) is 3.87. The molecule has 2 aliphatic rings. The van der Waals surface area contributed by atoms with Crippen molar-refractivity contribution in [1.82, 2.24) is 10.2 Å². The van der Waals surface area contributed by atoms with Gasteiger partial charge in [0.15, 0.2) is 5.78 Å². The Morgan fingerprint density at radius 1 is 1.00 bits per heavy atom. The van der Waals surface area contributed by atoms with Gasteiger partial charge < -0.3 is 19.9 Å². The second-order valence-corrected chi connectivity index (χ2v) is 8.02. The SMILES string of the molecule is COc1ccc(N2CCN(C3=N[C@H](C(=O)Nc4ccc(C(C)=O)cc4)CC(=O)N3)CC2)cc1. The van der Waals surface area contributed by atoms with Gasteiger partial charge in [-0.3, -0.25) is 19.7 Å². The molecule has 33 heavy (non-hydrogen) atoms. The number of nitrogens with one attached hydrogen (secondary N) is 2. The number of piperazine rings is 1. The number of guanidine groups is 1. The fraction of sp³-hybridized carbons (Fsp3) is 0.333. The number of nitrogens with zero attached hydrogens (tertiary/aromatic N) is 3. The summed E-state index contributed by atoms with van der Waals surface area (Å²) in [7, 11) is 1.64. The Morgan fingerprint density at radius 3 is 2.24 bits per heavy atom. The van der Waals surface area contributed by atoms with Crippen molar-refractivity contribution in [2.75, 3.05) is 43.5 Å². The smallest absolute Gasteiger partial charge is 0.249 e. The van der Waals surface area contributed by atoms with Gasteiger partial charge in [-0.25, -0.2) is 4.99 Å². The minimum Gasteiger partial charge on any atom is -0.497 e. The summed E-state index contributed by atoms with van der Waals surface area (Å²) in [5.41, 5.74) is 2.23. The Morgan fingerprint density at radius 2 is 1.64 bits per heavy atom. The standard InChI is InChI=1S/C24H27N5O4/c1-16(30)17-3-5-18(6-4-17)25-23(32)21-15-22(31)27-24(26-21)29-13-11-28(12-14-29)19-7-9-20(33-2)10-8-19/h3-10,21H,11-15H2,1-2H3,(H,25,32)(H,26,27,31)/t21-/m0/s1. The third kappa shape index (κ3) is 5.31. The molecule has 1 fully saturated rings. The molecule has 0 spiro atoms. The maximum Gasteiger partial charge on any atom is 0.249 e. The first-order valence-electron chi connectivity index (χ1n) is 10.9. The summed E-state index contributed by atoms with van der Waals surface area (Å²) in [4.78, 5) is 45.2. The zero-order chi connectivity index (χ0) is 23.4. The molecule has 2 aliphatic heterocycles. The monoisotopic (exact) mass is 449 g/mol. The topological polar surface area (TPSA) is 103 Å². The largest absolute Gasteiger partial charge is 0.497 e. The van der Waals surface area contributed by atoms with Crippen molar-refractivity contribution < 1.29 is 19.1 Å². The molecule has 4 rings (SSSR count). The van der Waals surface area contributed by atoms with Gasteiger partial charge in [-0.2, -0.15) is 0 Å². The third-order valence-corrected chi connectivity index (χ3v) is 5.79. The molecule has 1 atom stereocenters. The quantitative estimate of drug-likeness (QED) is 0.676. The maximum atomic E-state index is 12.7. The predicted molar refractivity (Wildman–Crippen MR) is 126 cm³/mol. The average molecular weight is 450 g/mol. The van der Waals surface area contributed by atoms with E-state index in [0.717, 1.165) is 24.5 Å². The van der Waals surface area contributed by atoms with Crippen molar-refractivity contribution in [1.29, 1.82) is 0 Å². The van der Waals surface area contributed by atoms with E-state index < -0.39 is 6.04 Å². The molecule has 2 heterocycles. The number of aliphatic imine (C=N–C) groups is 1. The summed E-state index contributed by atoms with van der Waals surface area (Å²) in [5, 5.41) is 5.59. The average Bonchev–Trinajstić information content (AvgIpc) is 2.84. The number of benzene rings is 2. The van der Waals surface area contributed by atoms with E-state index in [0.29, 0.717) is 30.3 Å². The van der Waals surface area contributed by atoms with Gasteiger partial charge in [-0.05, 0) is 55.5 Å². The van der Waals surface area contributed by atoms with E-state index >= 15 is 0 Å². The van der Waals surface area contributed by atoms with Crippen LogP contribution < -0.4 is 20.3 Å². The number of ether oxygens (including phenoxy) is 1. The highest BCUT2D eigenvalue weighted by atomic mass is 16.5. The number of carbonyl (C=O) groups excluding carboxylic acids is 3. The number of Topliss-reactive ketones (excluding diaryl/α,β-unsaturated/α-hetero) is 1. The molecule has 0 radical (unpaired) electrons. The van der Waals surface area contributed by atoms with Crippen molar-refractivity contribution in [3.05, 3.63) is 54.1 Å². The summed E-state index contributed by atoms with van der Waals surface area (Å²) < 4.78 is 5.22. The number of hydrogen-bond acceptors (Lipinski definition) is 7. The van der Waals surface area contributed by atoms with Crippen molar-refractivity contribution in [2.24, 2.45) is 4.99 Å². The second-order valence-electron chi connectivity index (χ2n) is 8.02. The number of ketones is 1. The summed E-state index contributed by atoms with van der Waals surface area (Å²) in [6, 6.07) is 13.8. The summed E-state index contributed by atoms with van der Waals surface area (Å²) >= 11 is 0. The molecule has 172 valence electrons. The second kappa shape index (κ2) is 9.72. The molecule has 2 aromatic rings. The van der Waals surface area contributed by atoms with Crippen LogP contribution in [0.3, 0.4) is 0 Å². The van der Waals surface area contributed by atoms with Gasteiger partial charge >= 0.3 is 0 Å². The molecular formula is C24H27N5O4. The van der Waals surface area contributed by atoms with Gasteiger partial charge in [0.2, 0.25) is 17.8 Å². The highest BCUT2D eigenvalue weighted by Crippen LogP contribution is 2.21. The molecule has 0 bridgehead atoms. The fourth-order valence-corrected chi connectivity index (χ4v) is 3.87. The van der Waals surface area contributed by atoms with Crippen LogP contribution in [0.1, 0.15) is 23.7 Å². The van der Waals surface area contributed by atoms with Crippen LogP contribution in [0.4, 0.5) is 11.4 Å². The minimum atomic E-state index is -0.805. The Balaban J connectivity index is 1.38. The maximum absolute atomic E-state index is 12.7. The van der Waals surface area contributed by atoms with E-state index in [1.54, 1.807) is 31.4 Å². The molecule has 9 heteroatoms. The Bertz CT molecular complexity index is 1060. The lowest BCUT2D eigenvalue weighted by molar-refractivity contribution is -0.125. The molecule has 2 aromatic carbocycles. The van der Waals surface area contributed by atoms with E-state index in [9.17, 15) is 14.4 Å². The Labute approximate surface area is 192 Å². The first kappa shape index (κ1) is 22.3. The van der Waals surface area contributed by atoms with Crippen molar-refractivity contribution >= 4 is 34.9 Å². The van der Waals surface area contributed by atoms with Crippen LogP contribution in [-0.4, -0.2) is 67.8 Å². The molecule has 1 saturated heterocycles. The lowest BCUT2D eigenvalue weighted by atomic mass is 10.1. The van der Waals surface area contributed by atoms with Crippen LogP contribution in [0.2, 0.25) is 0 Å². The van der Waals surface area contributed by atoms with Crippen LogP contribution in [0.5, 0.6) is 5.75 Å². The third-order valence-electron chi connectivity index (χ3n) is 5.79. The van der Waals surface area contributed by atoms with Gasteiger partial charge in [0.25, 0.3) is 0 Å². The van der Waals surface area contributed by atoms with E-state index in [2.05, 4.69) is 20.5 Å². The zero-order valence-electron chi connectivity index (χ0n) is 18.7. The zero-order valence-corrected chi connectivity index (χ0v) is 18.7. The van der Waals surface area contributed by atoms with Gasteiger partial charge in [0.05, 0.1) is 13.5 Å².